The summed E-state index contributed by atoms with van der Waals surface area (Å²) in [6.07, 6.45) is 0.986. The molecule has 27 heavy (non-hydrogen) atoms. The second-order valence-electron chi connectivity index (χ2n) is 5.92. The van der Waals surface area contributed by atoms with E-state index in [9.17, 15) is 4.79 Å². The Balaban J connectivity index is 1.79. The molecule has 0 saturated heterocycles. The Hall–Kier alpha value is -3.13. The van der Waals surface area contributed by atoms with E-state index in [0.29, 0.717) is 32.5 Å². The van der Waals surface area contributed by atoms with Crippen LogP contribution in [0.4, 0.5) is 10.8 Å². The molecule has 0 aliphatic carbocycles. The molecule has 7 nitrogen and oxygen atoms in total. The molecule has 0 atom stereocenters. The van der Waals surface area contributed by atoms with Gasteiger partial charge in [0.15, 0.2) is 11.5 Å². The van der Waals surface area contributed by atoms with E-state index in [0.717, 1.165) is 12.1 Å². The first kappa shape index (κ1) is 17.3. The number of nitrogens with zero attached hydrogens (tertiary/aromatic N) is 3. The van der Waals surface area contributed by atoms with Crippen molar-refractivity contribution in [2.45, 2.75) is 13.3 Å². The third-order valence-corrected chi connectivity index (χ3v) is 5.14. The predicted octanol–water partition coefficient (Wildman–Crippen LogP) is 3.63. The summed E-state index contributed by atoms with van der Waals surface area (Å²) in [5.41, 5.74) is 2.46. The Morgan fingerprint density at radius 2 is 1.81 bits per heavy atom. The van der Waals surface area contributed by atoms with Crippen molar-refractivity contribution in [3.05, 3.63) is 52.3 Å². The number of fused-ring (bicyclic) bond motifs is 2. The summed E-state index contributed by atoms with van der Waals surface area (Å²) < 4.78 is 11.9. The molecule has 4 aromatic rings. The number of aromatic nitrogens is 3. The minimum Gasteiger partial charge on any atom is -0.493 e. The molecule has 1 N–H and O–H groups in total. The Morgan fingerprint density at radius 3 is 2.48 bits per heavy atom. The minimum atomic E-state index is -0.249. The van der Waals surface area contributed by atoms with E-state index in [-0.39, 0.29) is 5.56 Å². The van der Waals surface area contributed by atoms with Crippen molar-refractivity contribution < 1.29 is 9.47 Å². The van der Waals surface area contributed by atoms with Crippen molar-refractivity contribution in [2.75, 3.05) is 19.5 Å². The van der Waals surface area contributed by atoms with Gasteiger partial charge in [-0.1, -0.05) is 30.4 Å². The number of methoxy groups -OCH3 is 2. The third-order valence-electron chi connectivity index (χ3n) is 4.31. The molecule has 2 heterocycles. The highest BCUT2D eigenvalue weighted by Gasteiger charge is 2.15. The van der Waals surface area contributed by atoms with Crippen LogP contribution < -0.4 is 20.3 Å². The van der Waals surface area contributed by atoms with E-state index in [4.69, 9.17) is 9.47 Å². The molecule has 0 aliphatic heterocycles. The summed E-state index contributed by atoms with van der Waals surface area (Å²) in [5, 5.41) is 8.63. The standard InChI is InChI=1S/C19H18N4O3S/c1-4-11-5-7-12(8-6-11)20-18-22-23-17(24)13-9-15(25-2)16(26-3)10-14(13)21-19(23)27-18/h5-10H,4H2,1-3H3,(H,20,22). The van der Waals surface area contributed by atoms with Crippen LogP contribution in [0.1, 0.15) is 12.5 Å². The van der Waals surface area contributed by atoms with Crippen molar-refractivity contribution in [3.63, 3.8) is 0 Å². The highest BCUT2D eigenvalue weighted by Crippen LogP contribution is 2.31. The number of rotatable bonds is 5. The lowest BCUT2D eigenvalue weighted by Crippen LogP contribution is -2.15. The molecule has 0 spiro atoms. The number of benzene rings is 2. The summed E-state index contributed by atoms with van der Waals surface area (Å²) in [6.45, 7) is 2.11. The van der Waals surface area contributed by atoms with Gasteiger partial charge in [0.05, 0.1) is 25.1 Å². The van der Waals surface area contributed by atoms with Gasteiger partial charge < -0.3 is 14.8 Å². The minimum absolute atomic E-state index is 0.249. The molecule has 0 amide bonds. The Kier molecular flexibility index (Phi) is 4.41. The van der Waals surface area contributed by atoms with Gasteiger partial charge in [-0.2, -0.15) is 4.52 Å². The van der Waals surface area contributed by atoms with Crippen molar-refractivity contribution in [1.29, 1.82) is 0 Å². The summed E-state index contributed by atoms with van der Waals surface area (Å²) >= 11 is 1.31. The molecule has 4 rings (SSSR count). The largest absolute Gasteiger partial charge is 0.493 e. The number of hydrogen-bond donors (Lipinski definition) is 1. The molecular weight excluding hydrogens is 364 g/mol. The van der Waals surface area contributed by atoms with Crippen LogP contribution in [0.25, 0.3) is 15.9 Å². The average Bonchev–Trinajstić information content (AvgIpc) is 3.10. The molecule has 0 fully saturated rings. The lowest BCUT2D eigenvalue weighted by molar-refractivity contribution is 0.355. The summed E-state index contributed by atoms with van der Waals surface area (Å²) in [5.74, 6) is 1.01. The van der Waals surface area contributed by atoms with Crippen LogP contribution in [0.3, 0.4) is 0 Å². The molecule has 0 aliphatic rings. The first-order valence-corrected chi connectivity index (χ1v) is 9.26. The smallest absolute Gasteiger partial charge is 0.283 e. The summed E-state index contributed by atoms with van der Waals surface area (Å²) in [7, 11) is 3.08. The number of aryl methyl sites for hydroxylation is 1. The Morgan fingerprint density at radius 1 is 1.11 bits per heavy atom. The van der Waals surface area contributed by atoms with E-state index in [1.54, 1.807) is 19.2 Å². The van der Waals surface area contributed by atoms with Crippen LogP contribution in [0.15, 0.2) is 41.2 Å². The predicted molar refractivity (Wildman–Crippen MR) is 107 cm³/mol. The zero-order valence-electron chi connectivity index (χ0n) is 15.1. The molecule has 0 bridgehead atoms. The monoisotopic (exact) mass is 382 g/mol. The second kappa shape index (κ2) is 6.88. The van der Waals surface area contributed by atoms with Gasteiger partial charge in [-0.3, -0.25) is 4.79 Å². The second-order valence-corrected chi connectivity index (χ2v) is 6.87. The molecule has 138 valence electrons. The van der Waals surface area contributed by atoms with Crippen LogP contribution in [-0.4, -0.2) is 28.8 Å². The lowest BCUT2D eigenvalue weighted by Gasteiger charge is -2.08. The van der Waals surface area contributed by atoms with Crippen LogP contribution in [0.2, 0.25) is 0 Å². The quantitative estimate of drug-likeness (QED) is 0.568. The lowest BCUT2D eigenvalue weighted by atomic mass is 10.1. The van der Waals surface area contributed by atoms with Crippen molar-refractivity contribution >= 4 is 38.0 Å². The third kappa shape index (κ3) is 3.08. The topological polar surface area (TPSA) is 77.8 Å². The molecule has 0 unspecified atom stereocenters. The van der Waals surface area contributed by atoms with Gasteiger partial charge in [0.2, 0.25) is 10.1 Å². The fourth-order valence-corrected chi connectivity index (χ4v) is 3.65. The van der Waals surface area contributed by atoms with Crippen molar-refractivity contribution in [1.82, 2.24) is 14.6 Å². The van der Waals surface area contributed by atoms with E-state index < -0.39 is 0 Å². The van der Waals surface area contributed by atoms with Gasteiger partial charge in [0.25, 0.3) is 5.56 Å². The van der Waals surface area contributed by atoms with Crippen molar-refractivity contribution in [3.8, 4) is 11.5 Å². The van der Waals surface area contributed by atoms with Crippen molar-refractivity contribution in [2.24, 2.45) is 0 Å². The van der Waals surface area contributed by atoms with Gasteiger partial charge in [0, 0.05) is 11.8 Å². The van der Waals surface area contributed by atoms with Gasteiger partial charge in [-0.25, -0.2) is 4.98 Å². The summed E-state index contributed by atoms with van der Waals surface area (Å²) in [4.78, 5) is 17.9. The molecule has 0 radical (unpaired) electrons. The fraction of sp³-hybridized carbons (Fsp3) is 0.211. The number of anilines is 2. The highest BCUT2D eigenvalue weighted by molar-refractivity contribution is 7.20. The molecular formula is C19H18N4O3S. The van der Waals surface area contributed by atoms with Crippen LogP contribution in [0, 0.1) is 0 Å². The normalized spacial score (nSPS) is 11.1. The number of hydrogen-bond acceptors (Lipinski definition) is 7. The van der Waals surface area contributed by atoms with Crippen LogP contribution in [-0.2, 0) is 6.42 Å². The van der Waals surface area contributed by atoms with Gasteiger partial charge in [-0.15, -0.1) is 5.10 Å². The van der Waals surface area contributed by atoms with E-state index >= 15 is 0 Å². The first-order chi connectivity index (χ1) is 13.1. The Bertz CT molecular complexity index is 1180. The fourth-order valence-electron chi connectivity index (χ4n) is 2.83. The number of nitrogens with one attached hydrogen (secondary N) is 1. The molecule has 2 aromatic heterocycles. The van der Waals surface area contributed by atoms with E-state index in [2.05, 4.69) is 34.5 Å². The maximum absolute atomic E-state index is 12.8. The average molecular weight is 382 g/mol. The zero-order chi connectivity index (χ0) is 19.0. The number of ether oxygens (including phenoxy) is 2. The van der Waals surface area contributed by atoms with Gasteiger partial charge in [-0.05, 0) is 30.2 Å². The summed E-state index contributed by atoms with van der Waals surface area (Å²) in [6, 6.07) is 11.4. The van der Waals surface area contributed by atoms with E-state index in [1.807, 2.05) is 12.1 Å². The molecule has 0 saturated carbocycles. The van der Waals surface area contributed by atoms with Gasteiger partial charge >= 0.3 is 0 Å². The highest BCUT2D eigenvalue weighted by atomic mass is 32.1. The van der Waals surface area contributed by atoms with Gasteiger partial charge in [0.1, 0.15) is 0 Å². The SMILES string of the molecule is CCc1ccc(Nc2nn3c(=O)c4cc(OC)c(OC)cc4nc3s2)cc1. The molecule has 2 aromatic carbocycles. The van der Waals surface area contributed by atoms with E-state index in [1.165, 1.54) is 28.5 Å². The zero-order valence-corrected chi connectivity index (χ0v) is 16.0. The van der Waals surface area contributed by atoms with Crippen LogP contribution >= 0.6 is 11.3 Å². The maximum Gasteiger partial charge on any atom is 0.283 e. The first-order valence-electron chi connectivity index (χ1n) is 8.44. The Labute approximate surface area is 159 Å². The van der Waals surface area contributed by atoms with Crippen LogP contribution in [0.5, 0.6) is 11.5 Å². The molecule has 8 heteroatoms. The maximum atomic E-state index is 12.8.